The predicted octanol–water partition coefficient (Wildman–Crippen LogP) is 4.25. The molecule has 0 aromatic heterocycles. The minimum Gasteiger partial charge on any atom is -0.308 e. The minimum absolute atomic E-state index is 0.416. The molecule has 2 aromatic carbocycles. The van der Waals surface area contributed by atoms with Crippen LogP contribution in [0.4, 0.5) is 16.2 Å². The summed E-state index contributed by atoms with van der Waals surface area (Å²) >= 11 is 0. The molecule has 3 fully saturated rings. The summed E-state index contributed by atoms with van der Waals surface area (Å²) in [6, 6.07) is 12.7. The topological polar surface area (TPSA) is 94.1 Å². The molecule has 3 aliphatic heterocycles. The quantitative estimate of drug-likeness (QED) is 0.599. The number of carbonyl (C=O) groups excluding carboxylic acids is 3. The van der Waals surface area contributed by atoms with Gasteiger partial charge in [0.05, 0.1) is 5.69 Å². The molecule has 4 aliphatic rings. The number of benzodiazepines with no additional fused rings is 1. The molecule has 2 saturated heterocycles. The van der Waals surface area contributed by atoms with Gasteiger partial charge in [-0.3, -0.25) is 24.4 Å². The third kappa shape index (κ3) is 5.16. The summed E-state index contributed by atoms with van der Waals surface area (Å²) in [7, 11) is 0. The van der Waals surface area contributed by atoms with Crippen LogP contribution in [0.5, 0.6) is 0 Å². The first-order chi connectivity index (χ1) is 17.8. The zero-order valence-corrected chi connectivity index (χ0v) is 21.7. The summed E-state index contributed by atoms with van der Waals surface area (Å²) in [5.41, 5.74) is 4.63. The van der Waals surface area contributed by atoms with E-state index in [1.807, 2.05) is 57.2 Å². The number of anilines is 2. The molecule has 1 aliphatic carbocycles. The molecule has 37 heavy (non-hydrogen) atoms. The highest BCUT2D eigenvalue weighted by Gasteiger charge is 2.41. The van der Waals surface area contributed by atoms with Crippen molar-refractivity contribution in [1.29, 1.82) is 0 Å². The molecule has 8 nitrogen and oxygen atoms in total. The Bertz CT molecular complexity index is 1220. The SMILES string of the molecule is CC1=N[C@@H](NC(=O)Nc2cccc(C)c2)C(=O)N(C(C=O)N2CC3CCC(CC3)C2)c2c(C)cccc21. The van der Waals surface area contributed by atoms with Gasteiger partial charge in [0.1, 0.15) is 6.17 Å². The number of urea groups is 1. The molecule has 194 valence electrons. The number of nitrogens with one attached hydrogen (secondary N) is 2. The number of nitrogens with zero attached hydrogens (tertiary/aromatic N) is 3. The van der Waals surface area contributed by atoms with E-state index < -0.39 is 24.3 Å². The minimum atomic E-state index is -1.16. The summed E-state index contributed by atoms with van der Waals surface area (Å²) in [5.74, 6) is 0.652. The first-order valence-electron chi connectivity index (χ1n) is 13.1. The van der Waals surface area contributed by atoms with Gasteiger partial charge >= 0.3 is 6.03 Å². The summed E-state index contributed by atoms with van der Waals surface area (Å²) in [4.78, 5) is 48.2. The number of hydrogen-bond acceptors (Lipinski definition) is 5. The Balaban J connectivity index is 1.49. The molecule has 8 heteroatoms. The van der Waals surface area contributed by atoms with E-state index in [4.69, 9.17) is 0 Å². The highest BCUT2D eigenvalue weighted by molar-refractivity contribution is 6.14. The molecule has 1 unspecified atom stereocenters. The fourth-order valence-corrected chi connectivity index (χ4v) is 6.06. The van der Waals surface area contributed by atoms with E-state index in [-0.39, 0.29) is 0 Å². The average Bonchev–Trinajstić information content (AvgIpc) is 3.24. The maximum absolute atomic E-state index is 14.1. The molecule has 2 N–H and O–H groups in total. The molecular weight excluding hydrogens is 466 g/mol. The van der Waals surface area contributed by atoms with Gasteiger partial charge in [-0.25, -0.2) is 4.79 Å². The van der Waals surface area contributed by atoms with Gasteiger partial charge in [-0.1, -0.05) is 30.3 Å². The van der Waals surface area contributed by atoms with Crippen LogP contribution in [0.3, 0.4) is 0 Å². The standard InChI is InChI=1S/C29H35N5O3/c1-18-6-4-8-23(14-18)31-29(37)32-27-28(36)34(26-19(2)7-5-9-24(26)20(3)30-27)25(17-35)33-15-21-10-11-22(16-33)13-12-21/h4-9,14,17,21-22,25,27H,10-13,15-16H2,1-3H3,(H2,31,32,37)/t21?,22?,25?,27-/m0/s1. The van der Waals surface area contributed by atoms with Crippen molar-refractivity contribution >= 4 is 35.3 Å². The van der Waals surface area contributed by atoms with Crippen molar-refractivity contribution in [2.75, 3.05) is 23.3 Å². The van der Waals surface area contributed by atoms with Crippen molar-refractivity contribution < 1.29 is 14.4 Å². The molecule has 0 spiro atoms. The molecule has 1 saturated carbocycles. The summed E-state index contributed by atoms with van der Waals surface area (Å²) in [6.45, 7) is 7.30. The van der Waals surface area contributed by atoms with Crippen molar-refractivity contribution in [2.24, 2.45) is 16.8 Å². The summed E-state index contributed by atoms with van der Waals surface area (Å²) in [5, 5.41) is 5.55. The van der Waals surface area contributed by atoms with Crippen LogP contribution in [0, 0.1) is 25.7 Å². The number of fused-ring (bicyclic) bond motifs is 5. The van der Waals surface area contributed by atoms with Crippen LogP contribution in [-0.2, 0) is 9.59 Å². The fourth-order valence-electron chi connectivity index (χ4n) is 6.06. The second-order valence-corrected chi connectivity index (χ2v) is 10.7. The maximum atomic E-state index is 14.1. The molecular formula is C29H35N5O3. The molecule has 3 heterocycles. The van der Waals surface area contributed by atoms with Crippen LogP contribution >= 0.6 is 0 Å². The highest BCUT2D eigenvalue weighted by atomic mass is 16.2. The zero-order valence-electron chi connectivity index (χ0n) is 21.7. The Labute approximate surface area is 218 Å². The number of aldehydes is 1. The van der Waals surface area contributed by atoms with Crippen LogP contribution in [0.25, 0.3) is 0 Å². The molecule has 0 radical (unpaired) electrons. The molecule has 2 bridgehead atoms. The third-order valence-corrected chi connectivity index (χ3v) is 7.92. The van der Waals surface area contributed by atoms with Crippen LogP contribution in [0.2, 0.25) is 0 Å². The third-order valence-electron chi connectivity index (χ3n) is 7.92. The lowest BCUT2D eigenvalue weighted by atomic mass is 9.84. The number of benzene rings is 2. The largest absolute Gasteiger partial charge is 0.321 e. The van der Waals surface area contributed by atoms with Gasteiger partial charge in [0.2, 0.25) is 6.17 Å². The fraction of sp³-hybridized carbons (Fsp3) is 0.448. The Morgan fingerprint density at radius 3 is 2.35 bits per heavy atom. The second kappa shape index (κ2) is 10.5. The lowest BCUT2D eigenvalue weighted by Gasteiger charge is -2.38. The van der Waals surface area contributed by atoms with Gasteiger partial charge in [0.25, 0.3) is 5.91 Å². The van der Waals surface area contributed by atoms with E-state index in [0.717, 1.165) is 36.1 Å². The molecule has 3 amide bonds. The predicted molar refractivity (Wildman–Crippen MR) is 145 cm³/mol. The van der Waals surface area contributed by atoms with E-state index in [1.54, 1.807) is 11.0 Å². The molecule has 2 aromatic rings. The summed E-state index contributed by atoms with van der Waals surface area (Å²) in [6.07, 6.45) is 3.62. The zero-order chi connectivity index (χ0) is 26.1. The number of hydrogen-bond donors (Lipinski definition) is 2. The van der Waals surface area contributed by atoms with Gasteiger partial charge in [-0.05, 0) is 81.5 Å². The van der Waals surface area contributed by atoms with Gasteiger partial charge in [0, 0.05) is 30.1 Å². The number of para-hydroxylation sites is 1. The smallest absolute Gasteiger partial charge is 0.308 e. The van der Waals surface area contributed by atoms with Gasteiger partial charge < -0.3 is 10.6 Å². The van der Waals surface area contributed by atoms with E-state index >= 15 is 0 Å². The van der Waals surface area contributed by atoms with E-state index in [1.165, 1.54) is 25.7 Å². The molecule has 6 rings (SSSR count). The number of rotatable bonds is 5. The average molecular weight is 502 g/mol. The lowest BCUT2D eigenvalue weighted by Crippen LogP contribution is -2.58. The van der Waals surface area contributed by atoms with Crippen molar-refractivity contribution in [2.45, 2.75) is 58.8 Å². The van der Waals surface area contributed by atoms with Gasteiger partial charge in [0.15, 0.2) is 6.29 Å². The van der Waals surface area contributed by atoms with Gasteiger partial charge in [-0.2, -0.15) is 0 Å². The first-order valence-corrected chi connectivity index (χ1v) is 13.1. The normalized spacial score (nSPS) is 24.4. The number of carbonyl (C=O) groups is 3. The Morgan fingerprint density at radius 2 is 1.70 bits per heavy atom. The summed E-state index contributed by atoms with van der Waals surface area (Å²) < 4.78 is 0. The Kier molecular flexibility index (Phi) is 7.11. The van der Waals surface area contributed by atoms with Crippen LogP contribution in [0.15, 0.2) is 47.5 Å². The Hall–Kier alpha value is -3.52. The van der Waals surface area contributed by atoms with Gasteiger partial charge in [-0.15, -0.1) is 0 Å². The Morgan fingerprint density at radius 1 is 1.03 bits per heavy atom. The van der Waals surface area contributed by atoms with Crippen molar-refractivity contribution in [1.82, 2.24) is 10.2 Å². The number of amides is 3. The van der Waals surface area contributed by atoms with Crippen LogP contribution in [-0.4, -0.2) is 54.3 Å². The molecule has 2 atom stereocenters. The number of aryl methyl sites for hydroxylation is 2. The van der Waals surface area contributed by atoms with E-state index in [9.17, 15) is 14.4 Å². The van der Waals surface area contributed by atoms with Crippen molar-refractivity contribution in [3.05, 3.63) is 59.2 Å². The highest BCUT2D eigenvalue weighted by Crippen LogP contribution is 2.37. The van der Waals surface area contributed by atoms with E-state index in [2.05, 4.69) is 20.5 Å². The maximum Gasteiger partial charge on any atom is 0.321 e. The van der Waals surface area contributed by atoms with Crippen molar-refractivity contribution in [3.63, 3.8) is 0 Å². The van der Waals surface area contributed by atoms with Crippen molar-refractivity contribution in [3.8, 4) is 0 Å². The van der Waals surface area contributed by atoms with E-state index in [0.29, 0.717) is 28.9 Å². The number of aliphatic imine (C=N–C) groups is 1. The lowest BCUT2D eigenvalue weighted by molar-refractivity contribution is -0.124. The monoisotopic (exact) mass is 501 g/mol. The first kappa shape index (κ1) is 25.1. The van der Waals surface area contributed by atoms with Crippen LogP contribution in [0.1, 0.15) is 49.3 Å². The van der Waals surface area contributed by atoms with Crippen LogP contribution < -0.4 is 15.5 Å². The second-order valence-electron chi connectivity index (χ2n) is 10.7.